The van der Waals surface area contributed by atoms with E-state index in [0.717, 1.165) is 4.31 Å². The van der Waals surface area contributed by atoms with Crippen LogP contribution in [-0.2, 0) is 19.6 Å². The molecule has 1 fully saturated rings. The molecule has 0 bridgehead atoms. The Morgan fingerprint density at radius 2 is 1.75 bits per heavy atom. The monoisotopic (exact) mass is 575 g/mol. The molecule has 0 aliphatic carbocycles. The van der Waals surface area contributed by atoms with Crippen molar-refractivity contribution in [3.63, 3.8) is 0 Å². The van der Waals surface area contributed by atoms with Crippen LogP contribution in [0.1, 0.15) is 43.0 Å². The van der Waals surface area contributed by atoms with Crippen LogP contribution < -0.4 is 24.8 Å². The lowest BCUT2D eigenvalue weighted by molar-refractivity contribution is -0.134. The number of benzene rings is 2. The fourth-order valence-electron chi connectivity index (χ4n) is 4.50. The van der Waals surface area contributed by atoms with E-state index in [0.29, 0.717) is 42.2 Å². The van der Waals surface area contributed by atoms with Crippen molar-refractivity contribution in [2.75, 3.05) is 41.0 Å². The van der Waals surface area contributed by atoms with Crippen LogP contribution in [0.2, 0.25) is 0 Å². The fraction of sp³-hybridized carbons (Fsp3) is 0.464. The Bertz CT molecular complexity index is 1300. The van der Waals surface area contributed by atoms with Gasteiger partial charge in [-0.1, -0.05) is 6.92 Å². The molecule has 40 heavy (non-hydrogen) atoms. The Hall–Kier alpha value is -3.64. The molecule has 2 atom stereocenters. The number of carbonyl (C=O) groups excluding carboxylic acids is 3. The van der Waals surface area contributed by atoms with Crippen molar-refractivity contribution in [3.8, 4) is 17.2 Å². The van der Waals surface area contributed by atoms with Crippen LogP contribution in [0.4, 0.5) is 0 Å². The van der Waals surface area contributed by atoms with Crippen molar-refractivity contribution in [2.24, 2.45) is 5.92 Å². The van der Waals surface area contributed by atoms with E-state index in [-0.39, 0.29) is 48.4 Å². The topological polar surface area (TPSA) is 140 Å². The lowest BCUT2D eigenvalue weighted by Gasteiger charge is -2.30. The van der Waals surface area contributed by atoms with Gasteiger partial charge in [0.1, 0.15) is 11.8 Å². The Labute approximate surface area is 235 Å². The fourth-order valence-corrected chi connectivity index (χ4v) is 6.10. The first-order valence-electron chi connectivity index (χ1n) is 13.1. The number of carbonyl (C=O) groups is 3. The molecule has 0 radical (unpaired) electrons. The summed E-state index contributed by atoms with van der Waals surface area (Å²) in [7, 11) is 0.140. The number of nitrogens with zero attached hydrogens (tertiary/aromatic N) is 1. The first kappa shape index (κ1) is 30.9. The molecule has 3 rings (SSSR count). The highest BCUT2D eigenvalue weighted by molar-refractivity contribution is 7.89. The average Bonchev–Trinajstić information content (AvgIpc) is 3.16. The van der Waals surface area contributed by atoms with E-state index in [1.54, 1.807) is 25.1 Å². The molecule has 0 aromatic heterocycles. The van der Waals surface area contributed by atoms with Gasteiger partial charge < -0.3 is 24.8 Å². The van der Waals surface area contributed by atoms with Crippen molar-refractivity contribution in [1.82, 2.24) is 14.9 Å². The zero-order chi connectivity index (χ0) is 29.3. The summed E-state index contributed by atoms with van der Waals surface area (Å²) in [6.07, 6.45) is 1.10. The third-order valence-electron chi connectivity index (χ3n) is 6.74. The second-order valence-electron chi connectivity index (χ2n) is 9.59. The number of nitrogens with one attached hydrogen (secondary N) is 2. The number of methoxy groups -OCH3 is 3. The van der Waals surface area contributed by atoms with Gasteiger partial charge in [0, 0.05) is 18.5 Å². The van der Waals surface area contributed by atoms with E-state index in [9.17, 15) is 22.8 Å². The molecule has 2 aromatic rings. The minimum Gasteiger partial charge on any atom is -0.497 e. The Kier molecular flexibility index (Phi) is 10.9. The molecular weight excluding hydrogens is 538 g/mol. The predicted molar refractivity (Wildman–Crippen MR) is 148 cm³/mol. The van der Waals surface area contributed by atoms with Gasteiger partial charge in [-0.05, 0) is 74.2 Å². The average molecular weight is 576 g/mol. The van der Waals surface area contributed by atoms with Crippen molar-refractivity contribution in [1.29, 1.82) is 0 Å². The first-order chi connectivity index (χ1) is 19.1. The molecule has 11 nitrogen and oxygen atoms in total. The van der Waals surface area contributed by atoms with E-state index < -0.39 is 22.0 Å². The molecule has 1 saturated heterocycles. The molecule has 2 amide bonds. The molecule has 218 valence electrons. The number of hydrogen-bond donors (Lipinski definition) is 2. The maximum Gasteiger partial charge on any atom is 0.267 e. The summed E-state index contributed by atoms with van der Waals surface area (Å²) >= 11 is 0. The van der Waals surface area contributed by atoms with Gasteiger partial charge in [0.05, 0.1) is 32.8 Å². The summed E-state index contributed by atoms with van der Waals surface area (Å²) < 4.78 is 43.7. The van der Waals surface area contributed by atoms with E-state index in [4.69, 9.17) is 14.2 Å². The highest BCUT2D eigenvalue weighted by atomic mass is 32.2. The van der Waals surface area contributed by atoms with Gasteiger partial charge in [-0.15, -0.1) is 0 Å². The summed E-state index contributed by atoms with van der Waals surface area (Å²) in [5.41, 5.74) is 0.388. The molecule has 0 spiro atoms. The van der Waals surface area contributed by atoms with E-state index >= 15 is 0 Å². The van der Waals surface area contributed by atoms with Gasteiger partial charge in [0.25, 0.3) is 15.9 Å². The molecule has 2 aromatic carbocycles. The van der Waals surface area contributed by atoms with Crippen molar-refractivity contribution >= 4 is 27.6 Å². The standard InChI is InChI=1S/C28H37N3O8S/c1-19(13-15-30-28(34)20-7-12-25(38-3)26(17-20)39-4)16-27(33)31(23-6-5-14-29-18-24(23)32)40(35,36)22-10-8-21(37-2)9-11-22/h7-12,17,19,23,29H,5-6,13-16,18H2,1-4H3,(H,30,34)/t19-,23?/m0/s1. The number of amides is 2. The number of ether oxygens (including phenoxy) is 3. The molecule has 1 aliphatic rings. The second kappa shape index (κ2) is 14.1. The van der Waals surface area contributed by atoms with Gasteiger partial charge >= 0.3 is 0 Å². The smallest absolute Gasteiger partial charge is 0.267 e. The van der Waals surface area contributed by atoms with Gasteiger partial charge in [-0.3, -0.25) is 14.4 Å². The Balaban J connectivity index is 1.71. The van der Waals surface area contributed by atoms with Gasteiger partial charge in [0.2, 0.25) is 5.91 Å². The summed E-state index contributed by atoms with van der Waals surface area (Å²) in [6.45, 7) is 2.61. The number of Topliss-reactive ketones (excluding diaryl/α,β-unsaturated/α-hetero) is 1. The van der Waals surface area contributed by atoms with Crippen LogP contribution in [0.3, 0.4) is 0 Å². The van der Waals surface area contributed by atoms with Gasteiger partial charge in [-0.2, -0.15) is 0 Å². The summed E-state index contributed by atoms with van der Waals surface area (Å²) in [5, 5.41) is 5.79. The minimum atomic E-state index is -4.31. The van der Waals surface area contributed by atoms with Crippen molar-refractivity contribution < 1.29 is 37.0 Å². The number of rotatable bonds is 12. The quantitative estimate of drug-likeness (QED) is 0.390. The zero-order valence-corrected chi connectivity index (χ0v) is 24.1. The highest BCUT2D eigenvalue weighted by Gasteiger charge is 2.39. The first-order valence-corrected chi connectivity index (χ1v) is 14.5. The lowest BCUT2D eigenvalue weighted by Crippen LogP contribution is -2.49. The Morgan fingerprint density at radius 3 is 2.40 bits per heavy atom. The van der Waals surface area contributed by atoms with Gasteiger partial charge in [0.15, 0.2) is 17.3 Å². The van der Waals surface area contributed by atoms with Crippen molar-refractivity contribution in [3.05, 3.63) is 48.0 Å². The zero-order valence-electron chi connectivity index (χ0n) is 23.3. The van der Waals surface area contributed by atoms with Crippen molar-refractivity contribution in [2.45, 2.75) is 43.5 Å². The van der Waals surface area contributed by atoms with Crippen LogP contribution in [-0.4, -0.2) is 77.3 Å². The van der Waals surface area contributed by atoms with Crippen LogP contribution in [0.5, 0.6) is 17.2 Å². The normalized spacial score (nSPS) is 16.4. The molecule has 12 heteroatoms. The minimum absolute atomic E-state index is 0.00961. The number of ketones is 1. The van der Waals surface area contributed by atoms with E-state index in [1.165, 1.54) is 45.6 Å². The highest BCUT2D eigenvalue weighted by Crippen LogP contribution is 2.28. The summed E-state index contributed by atoms with van der Waals surface area (Å²) in [5.74, 6) is -0.202. The largest absolute Gasteiger partial charge is 0.497 e. The third kappa shape index (κ3) is 7.51. The molecule has 1 unspecified atom stereocenters. The molecular formula is C28H37N3O8S. The molecule has 1 heterocycles. The predicted octanol–water partition coefficient (Wildman–Crippen LogP) is 2.40. The lowest BCUT2D eigenvalue weighted by atomic mass is 10.0. The maximum absolute atomic E-state index is 13.7. The molecule has 0 saturated carbocycles. The molecule has 2 N–H and O–H groups in total. The number of hydrogen-bond acceptors (Lipinski definition) is 9. The van der Waals surface area contributed by atoms with Crippen LogP contribution >= 0.6 is 0 Å². The van der Waals surface area contributed by atoms with E-state index in [2.05, 4.69) is 10.6 Å². The van der Waals surface area contributed by atoms with Crippen LogP contribution in [0.25, 0.3) is 0 Å². The molecule has 1 aliphatic heterocycles. The third-order valence-corrected chi connectivity index (χ3v) is 8.58. The van der Waals surface area contributed by atoms with Crippen LogP contribution in [0.15, 0.2) is 47.4 Å². The van der Waals surface area contributed by atoms with E-state index in [1.807, 2.05) is 0 Å². The maximum atomic E-state index is 13.7. The van der Waals surface area contributed by atoms with Crippen LogP contribution in [0, 0.1) is 5.92 Å². The summed E-state index contributed by atoms with van der Waals surface area (Å²) in [6, 6.07) is 9.45. The second-order valence-corrected chi connectivity index (χ2v) is 11.4. The number of sulfonamides is 1. The van der Waals surface area contributed by atoms with Gasteiger partial charge in [-0.25, -0.2) is 12.7 Å². The summed E-state index contributed by atoms with van der Waals surface area (Å²) in [4.78, 5) is 39.0. The Morgan fingerprint density at radius 1 is 1.05 bits per heavy atom. The SMILES string of the molecule is COc1ccc(S(=O)(=O)N(C(=O)C[C@@H](C)CCNC(=O)c2ccc(OC)c(OC)c2)C2CCCNCC2=O)cc1.